The third-order valence-corrected chi connectivity index (χ3v) is 4.71. The molecule has 3 N–H and O–H groups in total. The van der Waals surface area contributed by atoms with Crippen molar-refractivity contribution in [1.29, 1.82) is 0 Å². The van der Waals surface area contributed by atoms with Crippen molar-refractivity contribution in [2.24, 2.45) is 4.99 Å². The zero-order valence-electron chi connectivity index (χ0n) is 15.0. The second-order valence-corrected chi connectivity index (χ2v) is 7.14. The third-order valence-electron chi connectivity index (χ3n) is 3.31. The molecule has 0 atom stereocenters. The van der Waals surface area contributed by atoms with Crippen LogP contribution >= 0.6 is 24.0 Å². The molecule has 1 aromatic rings. The number of methoxy groups -OCH3 is 1. The highest BCUT2D eigenvalue weighted by Crippen LogP contribution is 2.17. The van der Waals surface area contributed by atoms with Gasteiger partial charge in [0.1, 0.15) is 5.75 Å². The smallest absolute Gasteiger partial charge is 0.211 e. The molecule has 7 nitrogen and oxygen atoms in total. The molecule has 0 aliphatic carbocycles. The van der Waals surface area contributed by atoms with Crippen molar-refractivity contribution in [2.75, 3.05) is 39.0 Å². The van der Waals surface area contributed by atoms with Crippen molar-refractivity contribution in [3.63, 3.8) is 0 Å². The lowest BCUT2D eigenvalue weighted by atomic mass is 10.1. The predicted octanol–water partition coefficient (Wildman–Crippen LogP) is 1.35. The Morgan fingerprint density at radius 3 is 2.52 bits per heavy atom. The molecule has 1 aromatic carbocycles. The van der Waals surface area contributed by atoms with Gasteiger partial charge >= 0.3 is 0 Å². The van der Waals surface area contributed by atoms with Crippen LogP contribution in [0.1, 0.15) is 19.4 Å². The standard InChI is InChI=1S/C16H28N4O3S.HI/c1-4-17-16(19-12-13-20-24(21,22)5-2)18-11-10-14-8-6-7-9-15(14)23-3;/h6-9,20H,4-5,10-13H2,1-3H3,(H2,17,18,19);1H. The summed E-state index contributed by atoms with van der Waals surface area (Å²) in [5, 5.41) is 6.38. The van der Waals surface area contributed by atoms with Crippen LogP contribution in [0.5, 0.6) is 5.75 Å². The summed E-state index contributed by atoms with van der Waals surface area (Å²) in [4.78, 5) is 4.36. The van der Waals surface area contributed by atoms with E-state index in [1.165, 1.54) is 0 Å². The first-order valence-electron chi connectivity index (χ1n) is 8.13. The summed E-state index contributed by atoms with van der Waals surface area (Å²) in [5.41, 5.74) is 1.12. The fourth-order valence-corrected chi connectivity index (χ4v) is 2.64. The Kier molecular flexibility index (Phi) is 12.6. The Labute approximate surface area is 168 Å². The van der Waals surface area contributed by atoms with Crippen LogP contribution in [0.25, 0.3) is 0 Å². The molecule has 0 aromatic heterocycles. The van der Waals surface area contributed by atoms with Gasteiger partial charge in [0.2, 0.25) is 10.0 Å². The predicted molar refractivity (Wildman–Crippen MR) is 114 cm³/mol. The number of rotatable bonds is 10. The third kappa shape index (κ3) is 9.85. The van der Waals surface area contributed by atoms with E-state index in [1.54, 1.807) is 14.0 Å². The molecule has 0 unspecified atom stereocenters. The van der Waals surface area contributed by atoms with Crippen LogP contribution < -0.4 is 20.1 Å². The largest absolute Gasteiger partial charge is 0.496 e. The molecule has 0 fully saturated rings. The number of aliphatic imine (C=N–C) groups is 1. The number of hydrogen-bond donors (Lipinski definition) is 3. The molecule has 0 saturated carbocycles. The second kappa shape index (κ2) is 13.2. The summed E-state index contributed by atoms with van der Waals surface area (Å²) < 4.78 is 30.5. The zero-order valence-corrected chi connectivity index (χ0v) is 18.2. The highest BCUT2D eigenvalue weighted by Gasteiger charge is 2.05. The first-order chi connectivity index (χ1) is 11.5. The van der Waals surface area contributed by atoms with Gasteiger partial charge in [0.25, 0.3) is 0 Å². The molecule has 0 radical (unpaired) electrons. The van der Waals surface area contributed by atoms with Crippen LogP contribution in [-0.2, 0) is 16.4 Å². The van der Waals surface area contributed by atoms with Crippen LogP contribution in [0.15, 0.2) is 29.3 Å². The molecule has 144 valence electrons. The molecule has 0 aliphatic heterocycles. The average Bonchev–Trinajstić information content (AvgIpc) is 2.59. The van der Waals surface area contributed by atoms with E-state index in [2.05, 4.69) is 20.3 Å². The van der Waals surface area contributed by atoms with Crippen LogP contribution in [-0.4, -0.2) is 53.4 Å². The van der Waals surface area contributed by atoms with Crippen molar-refractivity contribution in [3.8, 4) is 5.75 Å². The normalized spacial score (nSPS) is 11.6. The number of halogens is 1. The Bertz CT molecular complexity index is 624. The molecule has 0 bridgehead atoms. The second-order valence-electron chi connectivity index (χ2n) is 5.05. The Morgan fingerprint density at radius 1 is 1.16 bits per heavy atom. The molecular formula is C16H29IN4O3S. The van der Waals surface area contributed by atoms with Gasteiger partial charge in [-0.25, -0.2) is 13.1 Å². The van der Waals surface area contributed by atoms with Crippen molar-refractivity contribution in [1.82, 2.24) is 15.4 Å². The lowest BCUT2D eigenvalue weighted by Gasteiger charge is -2.13. The summed E-state index contributed by atoms with van der Waals surface area (Å²) in [5.74, 6) is 1.62. The Balaban J connectivity index is 0.00000576. The molecule has 0 heterocycles. The number of hydrogen-bond acceptors (Lipinski definition) is 4. The van der Waals surface area contributed by atoms with Crippen LogP contribution in [0.3, 0.4) is 0 Å². The summed E-state index contributed by atoms with van der Waals surface area (Å²) in [6.07, 6.45) is 0.802. The van der Waals surface area contributed by atoms with Gasteiger partial charge in [-0.3, -0.25) is 4.99 Å². The minimum absolute atomic E-state index is 0. The highest BCUT2D eigenvalue weighted by molar-refractivity contribution is 14.0. The lowest BCUT2D eigenvalue weighted by molar-refractivity contribution is 0.409. The Hall–Kier alpha value is -1.07. The van der Waals surface area contributed by atoms with Crippen molar-refractivity contribution in [2.45, 2.75) is 20.3 Å². The molecule has 9 heteroatoms. The number of sulfonamides is 1. The number of nitrogens with zero attached hydrogens (tertiary/aromatic N) is 1. The fraction of sp³-hybridized carbons (Fsp3) is 0.562. The summed E-state index contributed by atoms with van der Waals surface area (Å²) in [7, 11) is -1.50. The van der Waals surface area contributed by atoms with Crippen LogP contribution in [0.4, 0.5) is 0 Å². The van der Waals surface area contributed by atoms with Gasteiger partial charge in [-0.05, 0) is 31.9 Å². The van der Waals surface area contributed by atoms with E-state index < -0.39 is 10.0 Å². The molecule has 1 rings (SSSR count). The van der Waals surface area contributed by atoms with Gasteiger partial charge in [0, 0.05) is 19.6 Å². The molecular weight excluding hydrogens is 455 g/mol. The monoisotopic (exact) mass is 484 g/mol. The van der Waals surface area contributed by atoms with Gasteiger partial charge < -0.3 is 15.4 Å². The van der Waals surface area contributed by atoms with E-state index in [4.69, 9.17) is 4.74 Å². The summed E-state index contributed by atoms with van der Waals surface area (Å²) in [6, 6.07) is 7.90. The van der Waals surface area contributed by atoms with E-state index in [0.29, 0.717) is 25.6 Å². The number of benzene rings is 1. The topological polar surface area (TPSA) is 91.8 Å². The van der Waals surface area contributed by atoms with Crippen molar-refractivity contribution >= 4 is 40.0 Å². The maximum Gasteiger partial charge on any atom is 0.211 e. The molecule has 25 heavy (non-hydrogen) atoms. The molecule has 0 spiro atoms. The molecule has 0 aliphatic rings. The van der Waals surface area contributed by atoms with Crippen molar-refractivity contribution < 1.29 is 13.2 Å². The van der Waals surface area contributed by atoms with Gasteiger partial charge in [0.05, 0.1) is 19.4 Å². The Morgan fingerprint density at radius 2 is 1.88 bits per heavy atom. The minimum Gasteiger partial charge on any atom is -0.496 e. The van der Waals surface area contributed by atoms with Gasteiger partial charge in [0.15, 0.2) is 5.96 Å². The van der Waals surface area contributed by atoms with Crippen LogP contribution in [0, 0.1) is 0 Å². The van der Waals surface area contributed by atoms with Gasteiger partial charge in [-0.15, -0.1) is 24.0 Å². The zero-order chi connectivity index (χ0) is 17.8. The minimum atomic E-state index is -3.16. The lowest BCUT2D eigenvalue weighted by Crippen LogP contribution is -2.39. The fourth-order valence-electron chi connectivity index (χ4n) is 2.04. The van der Waals surface area contributed by atoms with E-state index in [9.17, 15) is 8.42 Å². The van der Waals surface area contributed by atoms with E-state index in [1.807, 2.05) is 31.2 Å². The SMILES string of the molecule is CCNC(=NCCNS(=O)(=O)CC)NCCc1ccccc1OC.I. The number of guanidine groups is 1. The molecule has 0 amide bonds. The molecule has 0 saturated heterocycles. The summed E-state index contributed by atoms with van der Waals surface area (Å²) >= 11 is 0. The number of para-hydroxylation sites is 1. The number of nitrogens with one attached hydrogen (secondary N) is 3. The average molecular weight is 484 g/mol. The van der Waals surface area contributed by atoms with E-state index >= 15 is 0 Å². The van der Waals surface area contributed by atoms with Gasteiger partial charge in [-0.2, -0.15) is 0 Å². The maximum absolute atomic E-state index is 11.4. The van der Waals surface area contributed by atoms with Gasteiger partial charge in [-0.1, -0.05) is 18.2 Å². The van der Waals surface area contributed by atoms with E-state index in [0.717, 1.165) is 24.3 Å². The number of ether oxygens (including phenoxy) is 1. The van der Waals surface area contributed by atoms with E-state index in [-0.39, 0.29) is 29.7 Å². The summed E-state index contributed by atoms with van der Waals surface area (Å²) in [6.45, 7) is 5.70. The highest BCUT2D eigenvalue weighted by atomic mass is 127. The first kappa shape index (κ1) is 23.9. The van der Waals surface area contributed by atoms with Crippen LogP contribution in [0.2, 0.25) is 0 Å². The van der Waals surface area contributed by atoms with Crippen molar-refractivity contribution in [3.05, 3.63) is 29.8 Å². The quantitative estimate of drug-likeness (QED) is 0.202. The maximum atomic E-state index is 11.4. The first-order valence-corrected chi connectivity index (χ1v) is 9.79.